The van der Waals surface area contributed by atoms with Crippen LogP contribution in [0, 0.1) is 11.2 Å². The summed E-state index contributed by atoms with van der Waals surface area (Å²) in [6, 6.07) is 2.43. The minimum atomic E-state index is -4.35. The van der Waals surface area contributed by atoms with E-state index in [1.54, 1.807) is 0 Å². The summed E-state index contributed by atoms with van der Waals surface area (Å²) >= 11 is 0. The van der Waals surface area contributed by atoms with Crippen LogP contribution < -0.4 is 4.72 Å². The summed E-state index contributed by atoms with van der Waals surface area (Å²) in [5, 5.41) is 0. The largest absolute Gasteiger partial charge is 0.465 e. The van der Waals surface area contributed by atoms with E-state index in [4.69, 9.17) is 9.47 Å². The quantitative estimate of drug-likeness (QED) is 0.276. The van der Waals surface area contributed by atoms with Crippen molar-refractivity contribution >= 4 is 39.7 Å². The lowest BCUT2D eigenvalue weighted by Gasteiger charge is -2.17. The van der Waals surface area contributed by atoms with Crippen molar-refractivity contribution in [2.75, 3.05) is 19.8 Å². The lowest BCUT2D eigenvalue weighted by molar-refractivity contribution is -0.145. The van der Waals surface area contributed by atoms with E-state index in [1.807, 2.05) is 4.72 Å². The number of amides is 3. The number of ether oxygens (including phenoxy) is 2. The van der Waals surface area contributed by atoms with Crippen LogP contribution in [0.4, 0.5) is 4.39 Å². The maximum absolute atomic E-state index is 14.1. The van der Waals surface area contributed by atoms with Crippen LogP contribution in [-0.2, 0) is 38.7 Å². The van der Waals surface area contributed by atoms with Crippen LogP contribution in [0.15, 0.2) is 35.2 Å². The van der Waals surface area contributed by atoms with Gasteiger partial charge >= 0.3 is 11.9 Å². The van der Waals surface area contributed by atoms with E-state index in [2.05, 4.69) is 0 Å². The van der Waals surface area contributed by atoms with Gasteiger partial charge in [0.25, 0.3) is 21.8 Å². The van der Waals surface area contributed by atoms with Crippen LogP contribution in [0.5, 0.6) is 0 Å². The number of imide groups is 1. The van der Waals surface area contributed by atoms with Gasteiger partial charge in [-0.1, -0.05) is 20.8 Å². The zero-order valence-corrected chi connectivity index (χ0v) is 20.1. The van der Waals surface area contributed by atoms with Crippen LogP contribution in [0.25, 0.3) is 0 Å². The first-order valence-corrected chi connectivity index (χ1v) is 11.9. The number of benzene rings is 1. The third kappa shape index (κ3) is 7.70. The summed E-state index contributed by atoms with van der Waals surface area (Å²) in [5.41, 5.74) is -1.65. The topological polar surface area (TPSA) is 153 Å². The van der Waals surface area contributed by atoms with Crippen molar-refractivity contribution in [3.8, 4) is 0 Å². The van der Waals surface area contributed by atoms with Crippen molar-refractivity contribution in [2.24, 2.45) is 5.41 Å². The lowest BCUT2D eigenvalue weighted by atomic mass is 9.96. The molecule has 0 bridgehead atoms. The van der Waals surface area contributed by atoms with Crippen LogP contribution in [-0.4, -0.2) is 62.7 Å². The molecule has 1 heterocycles. The van der Waals surface area contributed by atoms with Gasteiger partial charge in [0.15, 0.2) is 0 Å². The molecule has 0 radical (unpaired) electrons. The number of carbonyl (C=O) groups is 5. The molecule has 0 saturated carbocycles. The van der Waals surface area contributed by atoms with Gasteiger partial charge in [-0.25, -0.2) is 22.3 Å². The highest BCUT2D eigenvalue weighted by Crippen LogP contribution is 2.19. The van der Waals surface area contributed by atoms with E-state index in [0.29, 0.717) is 0 Å². The molecule has 0 atom stereocenters. The average molecular weight is 513 g/mol. The molecule has 11 nitrogen and oxygen atoms in total. The number of sulfonamides is 1. The lowest BCUT2D eigenvalue weighted by Crippen LogP contribution is -2.38. The van der Waals surface area contributed by atoms with Gasteiger partial charge in [-0.15, -0.1) is 0 Å². The van der Waals surface area contributed by atoms with E-state index < -0.39 is 61.4 Å². The molecule has 1 N–H and O–H groups in total. The Kier molecular flexibility index (Phi) is 8.85. The van der Waals surface area contributed by atoms with E-state index in [1.165, 1.54) is 20.8 Å². The first kappa shape index (κ1) is 27.6. The van der Waals surface area contributed by atoms with Gasteiger partial charge in [0.05, 0.1) is 30.1 Å². The average Bonchev–Trinajstić information content (AvgIpc) is 3.08. The number of carbonyl (C=O) groups excluding carboxylic acids is 5. The fourth-order valence-corrected chi connectivity index (χ4v) is 3.76. The monoisotopic (exact) mass is 512 g/mol. The van der Waals surface area contributed by atoms with Crippen LogP contribution in [0.2, 0.25) is 0 Å². The van der Waals surface area contributed by atoms with Crippen molar-refractivity contribution in [2.45, 2.75) is 38.5 Å². The Morgan fingerprint density at radius 3 is 2.23 bits per heavy atom. The normalized spacial score (nSPS) is 13.7. The third-order valence-corrected chi connectivity index (χ3v) is 5.93. The summed E-state index contributed by atoms with van der Waals surface area (Å²) in [5.74, 6) is -4.67. The van der Waals surface area contributed by atoms with Crippen molar-refractivity contribution in [1.82, 2.24) is 9.62 Å². The molecule has 1 aromatic rings. The molecule has 3 amide bonds. The molecule has 0 aromatic heterocycles. The molecule has 190 valence electrons. The summed E-state index contributed by atoms with van der Waals surface area (Å²) < 4.78 is 50.6. The van der Waals surface area contributed by atoms with Crippen LogP contribution in [0.3, 0.4) is 0 Å². The molecule has 13 heteroatoms. The van der Waals surface area contributed by atoms with Crippen molar-refractivity contribution < 1.29 is 46.3 Å². The zero-order valence-electron chi connectivity index (χ0n) is 19.3. The molecule has 0 fully saturated rings. The fourth-order valence-electron chi connectivity index (χ4n) is 2.58. The fraction of sp³-hybridized carbons (Fsp3) is 0.409. The first-order chi connectivity index (χ1) is 16.2. The Hall–Kier alpha value is -3.61. The Labute approximate surface area is 201 Å². The Bertz CT molecular complexity index is 1150. The van der Waals surface area contributed by atoms with E-state index in [-0.39, 0.29) is 32.6 Å². The Morgan fingerprint density at radius 1 is 1.03 bits per heavy atom. The molecule has 1 aromatic carbocycles. The summed E-state index contributed by atoms with van der Waals surface area (Å²) in [4.78, 5) is 59.1. The van der Waals surface area contributed by atoms with Crippen LogP contribution >= 0.6 is 0 Å². The van der Waals surface area contributed by atoms with Gasteiger partial charge in [0.1, 0.15) is 5.82 Å². The van der Waals surface area contributed by atoms with Crippen molar-refractivity contribution in [1.29, 1.82) is 0 Å². The Morgan fingerprint density at radius 2 is 1.63 bits per heavy atom. The molecular weight excluding hydrogens is 487 g/mol. The molecular formula is C22H25FN2O9S. The zero-order chi connectivity index (χ0) is 26.4. The molecule has 2 rings (SSSR count). The maximum Gasteiger partial charge on any atom is 0.341 e. The smallest absolute Gasteiger partial charge is 0.341 e. The summed E-state index contributed by atoms with van der Waals surface area (Å²) in [6.07, 6.45) is 2.04. The second-order valence-corrected chi connectivity index (χ2v) is 10.1. The molecule has 0 spiro atoms. The number of halogens is 1. The predicted octanol–water partition coefficient (Wildman–Crippen LogP) is 1.08. The first-order valence-electron chi connectivity index (χ1n) is 10.5. The number of rotatable bonds is 10. The second-order valence-electron chi connectivity index (χ2n) is 8.45. The number of nitrogens with one attached hydrogen (secondary N) is 1. The Balaban J connectivity index is 1.83. The van der Waals surface area contributed by atoms with E-state index >= 15 is 0 Å². The molecule has 35 heavy (non-hydrogen) atoms. The molecule has 1 aliphatic heterocycles. The number of hydrogen-bond acceptors (Lipinski definition) is 9. The van der Waals surface area contributed by atoms with Gasteiger partial charge < -0.3 is 9.47 Å². The number of hydrogen-bond donors (Lipinski definition) is 1. The minimum Gasteiger partial charge on any atom is -0.465 e. The van der Waals surface area contributed by atoms with Crippen molar-refractivity contribution in [3.05, 3.63) is 41.7 Å². The molecule has 0 saturated heterocycles. The van der Waals surface area contributed by atoms with Gasteiger partial charge in [-0.2, -0.15) is 0 Å². The molecule has 0 aliphatic carbocycles. The van der Waals surface area contributed by atoms with Gasteiger partial charge in [0, 0.05) is 30.5 Å². The van der Waals surface area contributed by atoms with E-state index in [9.17, 15) is 36.8 Å². The second kappa shape index (κ2) is 11.2. The highest BCUT2D eigenvalue weighted by molar-refractivity contribution is 7.90. The highest BCUT2D eigenvalue weighted by atomic mass is 32.2. The van der Waals surface area contributed by atoms with E-state index in [0.717, 1.165) is 35.3 Å². The van der Waals surface area contributed by atoms with Gasteiger partial charge in [-0.3, -0.25) is 24.1 Å². The van der Waals surface area contributed by atoms with Gasteiger partial charge in [-0.05, 0) is 18.2 Å². The van der Waals surface area contributed by atoms with Crippen LogP contribution in [0.1, 0.15) is 44.0 Å². The summed E-state index contributed by atoms with van der Waals surface area (Å²) in [7, 11) is -4.35. The van der Waals surface area contributed by atoms with Gasteiger partial charge in [0.2, 0.25) is 5.91 Å². The standard InChI is InChI=1S/C22H25FN2O9S/c1-22(2,3)21(30)24-35(31,32)14-5-6-16(23)15(13-14)20(29)34-12-4-11-33-19(28)9-10-25-17(26)7-8-18(25)27/h5-8,13H,4,9-12H2,1-3H3,(H,24,30). The minimum absolute atomic E-state index is 0.0574. The SMILES string of the molecule is CC(C)(C)C(=O)NS(=O)(=O)c1ccc(F)c(C(=O)OCCCOC(=O)CCN2C(=O)C=CC2=O)c1. The third-order valence-electron chi connectivity index (χ3n) is 4.60. The molecule has 0 unspecified atom stereocenters. The van der Waals surface area contributed by atoms with Crippen molar-refractivity contribution in [3.63, 3.8) is 0 Å². The predicted molar refractivity (Wildman–Crippen MR) is 118 cm³/mol. The summed E-state index contributed by atoms with van der Waals surface area (Å²) in [6.45, 7) is 3.98. The maximum atomic E-state index is 14.1. The molecule has 1 aliphatic rings. The highest BCUT2D eigenvalue weighted by Gasteiger charge is 2.28. The number of esters is 2. The number of nitrogens with zero attached hydrogens (tertiary/aromatic N) is 1.